The molecule has 0 radical (unpaired) electrons. The Balaban J connectivity index is 1.21. The Morgan fingerprint density at radius 3 is 1.66 bits per heavy atom. The van der Waals surface area contributed by atoms with Crippen LogP contribution in [0.5, 0.6) is 11.5 Å². The highest BCUT2D eigenvalue weighted by Gasteiger charge is 2.47. The van der Waals surface area contributed by atoms with Gasteiger partial charge in [0.25, 0.3) is 0 Å². The van der Waals surface area contributed by atoms with E-state index in [1.165, 1.54) is 88.0 Å². The molecule has 0 aromatic heterocycles. The highest BCUT2D eigenvalue weighted by molar-refractivity contribution is 6.06. The van der Waals surface area contributed by atoms with Crippen molar-refractivity contribution in [3.8, 4) is 56.0 Å². The van der Waals surface area contributed by atoms with E-state index < -0.39 is 5.41 Å². The van der Waals surface area contributed by atoms with E-state index in [2.05, 4.69) is 206 Å². The quantitative estimate of drug-likeness (QED) is 0.177. The van der Waals surface area contributed by atoms with Crippen molar-refractivity contribution < 1.29 is 4.74 Å². The van der Waals surface area contributed by atoms with Crippen molar-refractivity contribution in [3.05, 3.63) is 229 Å². The number of fused-ring (bicyclic) bond motifs is 7. The van der Waals surface area contributed by atoms with Crippen LogP contribution in [-0.2, 0) is 5.41 Å². The molecule has 260 valence electrons. The van der Waals surface area contributed by atoms with Crippen molar-refractivity contribution in [2.45, 2.75) is 5.41 Å². The molecule has 10 aromatic carbocycles. The van der Waals surface area contributed by atoms with Crippen molar-refractivity contribution in [1.29, 1.82) is 0 Å². The average molecular weight is 711 g/mol. The third kappa shape index (κ3) is 4.43. The van der Waals surface area contributed by atoms with Crippen molar-refractivity contribution in [1.82, 2.24) is 0 Å². The standard InChI is InChI=1S/C55H34O/c1-3-19-43(20-4-1)55(44-21-5-2-6-22-44)49-33-39-16-10-9-15-38(39)31-48(49)54-46(41-26-25-35-13-7-8-14-37(35)29-41)32-42(34-50(54)55)40-27-28-51-47(30-40)45-23-11-17-36-18-12-24-52(56-51)53(36)45/h1-34H. The lowest BCUT2D eigenvalue weighted by Crippen LogP contribution is -2.28. The summed E-state index contributed by atoms with van der Waals surface area (Å²) in [7, 11) is 0. The van der Waals surface area contributed by atoms with Crippen LogP contribution in [0.3, 0.4) is 0 Å². The molecule has 1 aliphatic carbocycles. The van der Waals surface area contributed by atoms with Gasteiger partial charge in [-0.15, -0.1) is 0 Å². The van der Waals surface area contributed by atoms with E-state index in [0.29, 0.717) is 0 Å². The van der Waals surface area contributed by atoms with Gasteiger partial charge < -0.3 is 4.74 Å². The third-order valence-electron chi connectivity index (χ3n) is 12.3. The normalized spacial score (nSPS) is 13.3. The molecule has 0 unspecified atom stereocenters. The van der Waals surface area contributed by atoms with E-state index in [1.807, 2.05) is 0 Å². The molecule has 0 saturated carbocycles. The molecule has 0 saturated heterocycles. The van der Waals surface area contributed by atoms with Gasteiger partial charge in [-0.05, 0) is 137 Å². The van der Waals surface area contributed by atoms with E-state index in [0.717, 1.165) is 22.6 Å². The number of benzene rings is 10. The average Bonchev–Trinajstić information content (AvgIpc) is 3.55. The smallest absolute Gasteiger partial charge is 0.135 e. The molecule has 56 heavy (non-hydrogen) atoms. The second-order valence-corrected chi connectivity index (χ2v) is 15.2. The summed E-state index contributed by atoms with van der Waals surface area (Å²) in [6.45, 7) is 0. The first-order chi connectivity index (χ1) is 27.7. The Hall–Kier alpha value is -7.22. The van der Waals surface area contributed by atoms with Gasteiger partial charge in [-0.1, -0.05) is 158 Å². The topological polar surface area (TPSA) is 9.23 Å². The first-order valence-electron chi connectivity index (χ1n) is 19.4. The maximum absolute atomic E-state index is 6.58. The number of rotatable bonds is 4. The predicted octanol–water partition coefficient (Wildman–Crippen LogP) is 14.6. The molecule has 0 amide bonds. The maximum Gasteiger partial charge on any atom is 0.135 e. The van der Waals surface area contributed by atoms with Crippen LogP contribution in [0.15, 0.2) is 206 Å². The van der Waals surface area contributed by atoms with Gasteiger partial charge in [0.15, 0.2) is 0 Å². The molecule has 2 aliphatic rings. The summed E-state index contributed by atoms with van der Waals surface area (Å²) < 4.78 is 6.58. The zero-order valence-corrected chi connectivity index (χ0v) is 30.5. The van der Waals surface area contributed by atoms with Gasteiger partial charge in [0.1, 0.15) is 11.5 Å². The molecule has 1 heteroatoms. The van der Waals surface area contributed by atoms with Crippen molar-refractivity contribution in [3.63, 3.8) is 0 Å². The Bertz CT molecular complexity index is 3170. The Labute approximate surface area is 325 Å². The van der Waals surface area contributed by atoms with Gasteiger partial charge in [0, 0.05) is 10.9 Å². The third-order valence-corrected chi connectivity index (χ3v) is 12.3. The second-order valence-electron chi connectivity index (χ2n) is 15.2. The lowest BCUT2D eigenvalue weighted by Gasteiger charge is -2.34. The van der Waals surface area contributed by atoms with Gasteiger partial charge in [0.05, 0.1) is 5.41 Å². The summed E-state index contributed by atoms with van der Waals surface area (Å²) >= 11 is 0. The molecule has 0 spiro atoms. The number of hydrogen-bond donors (Lipinski definition) is 0. The maximum atomic E-state index is 6.58. The summed E-state index contributed by atoms with van der Waals surface area (Å²) in [5.74, 6) is 1.80. The van der Waals surface area contributed by atoms with E-state index in [9.17, 15) is 0 Å². The van der Waals surface area contributed by atoms with E-state index >= 15 is 0 Å². The molecule has 1 nitrogen and oxygen atoms in total. The summed E-state index contributed by atoms with van der Waals surface area (Å²) in [6.07, 6.45) is 0. The zero-order chi connectivity index (χ0) is 36.8. The summed E-state index contributed by atoms with van der Waals surface area (Å²) in [5.41, 5.74) is 14.2. The van der Waals surface area contributed by atoms with Gasteiger partial charge in [-0.2, -0.15) is 0 Å². The highest BCUT2D eigenvalue weighted by Crippen LogP contribution is 2.60. The predicted molar refractivity (Wildman–Crippen MR) is 233 cm³/mol. The van der Waals surface area contributed by atoms with Crippen LogP contribution in [0.2, 0.25) is 0 Å². The van der Waals surface area contributed by atoms with E-state index in [4.69, 9.17) is 4.74 Å². The van der Waals surface area contributed by atoms with Gasteiger partial charge in [0.2, 0.25) is 0 Å². The molecular weight excluding hydrogens is 677 g/mol. The minimum atomic E-state index is -0.569. The van der Waals surface area contributed by atoms with Crippen LogP contribution in [0.1, 0.15) is 22.3 Å². The lowest BCUT2D eigenvalue weighted by molar-refractivity contribution is 0.487. The highest BCUT2D eigenvalue weighted by atomic mass is 16.5. The molecule has 1 heterocycles. The van der Waals surface area contributed by atoms with Crippen molar-refractivity contribution >= 4 is 32.3 Å². The fraction of sp³-hybridized carbons (Fsp3) is 0.0182. The minimum absolute atomic E-state index is 0.569. The molecule has 10 aromatic rings. The van der Waals surface area contributed by atoms with Crippen LogP contribution >= 0.6 is 0 Å². The molecular formula is C55H34O. The molecule has 1 aliphatic heterocycles. The zero-order valence-electron chi connectivity index (χ0n) is 30.5. The Morgan fingerprint density at radius 2 is 0.911 bits per heavy atom. The van der Waals surface area contributed by atoms with Gasteiger partial charge in [-0.3, -0.25) is 0 Å². The number of ether oxygens (including phenoxy) is 1. The fourth-order valence-corrected chi connectivity index (χ4v) is 9.79. The van der Waals surface area contributed by atoms with Crippen LogP contribution < -0.4 is 4.74 Å². The van der Waals surface area contributed by atoms with Crippen molar-refractivity contribution in [2.75, 3.05) is 0 Å². The van der Waals surface area contributed by atoms with Gasteiger partial charge in [-0.25, -0.2) is 0 Å². The monoisotopic (exact) mass is 710 g/mol. The van der Waals surface area contributed by atoms with Gasteiger partial charge >= 0.3 is 0 Å². The largest absolute Gasteiger partial charge is 0.456 e. The number of hydrogen-bond acceptors (Lipinski definition) is 1. The van der Waals surface area contributed by atoms with E-state index in [1.54, 1.807) is 0 Å². The first-order valence-corrected chi connectivity index (χ1v) is 19.4. The summed E-state index contributed by atoms with van der Waals surface area (Å²) in [6, 6.07) is 76.2. The molecule has 0 fully saturated rings. The molecule has 12 rings (SSSR count). The van der Waals surface area contributed by atoms with Crippen LogP contribution in [0.4, 0.5) is 0 Å². The molecule has 0 bridgehead atoms. The lowest BCUT2D eigenvalue weighted by atomic mass is 9.67. The summed E-state index contributed by atoms with van der Waals surface area (Å²) in [4.78, 5) is 0. The molecule has 0 atom stereocenters. The van der Waals surface area contributed by atoms with Crippen LogP contribution in [0, 0.1) is 0 Å². The molecule has 0 N–H and O–H groups in total. The Kier molecular flexibility index (Phi) is 6.62. The SMILES string of the molecule is c1ccc(C2(c3ccccc3)c3cc4ccccc4cc3-c3c(-c4ccc5ccccc5c4)cc(-c4ccc5c(c4)-c4cccc6cccc(c46)O5)cc32)cc1. The van der Waals surface area contributed by atoms with Crippen LogP contribution in [0.25, 0.3) is 76.8 Å². The van der Waals surface area contributed by atoms with E-state index in [-0.39, 0.29) is 0 Å². The Morgan fingerprint density at radius 1 is 0.304 bits per heavy atom. The van der Waals surface area contributed by atoms with Crippen LogP contribution in [-0.4, -0.2) is 0 Å². The summed E-state index contributed by atoms with van der Waals surface area (Å²) in [5, 5.41) is 7.31. The first kappa shape index (κ1) is 31.2. The van der Waals surface area contributed by atoms with Crippen molar-refractivity contribution in [2.24, 2.45) is 0 Å². The second kappa shape index (κ2) is 11.9. The minimum Gasteiger partial charge on any atom is -0.456 e. The fourth-order valence-electron chi connectivity index (χ4n) is 9.79.